The highest BCUT2D eigenvalue weighted by Gasteiger charge is 2.44. The quantitative estimate of drug-likeness (QED) is 0.721. The molecule has 2 heterocycles. The molecule has 2 fully saturated rings. The van der Waals surface area contributed by atoms with Gasteiger partial charge in [0.15, 0.2) is 0 Å². The zero-order chi connectivity index (χ0) is 12.3. The maximum absolute atomic E-state index is 11.8. The first-order valence-corrected chi connectivity index (χ1v) is 6.73. The lowest BCUT2D eigenvalue weighted by atomic mass is 9.91. The monoisotopic (exact) mass is 261 g/mol. The highest BCUT2D eigenvalue weighted by Crippen LogP contribution is 2.35. The number of carbonyl (C=O) groups excluding carboxylic acids is 1. The molecule has 1 amide bonds. The largest absolute Gasteiger partial charge is 0.381 e. The summed E-state index contributed by atoms with van der Waals surface area (Å²) in [6.45, 7) is 2.21. The van der Waals surface area contributed by atoms with Crippen molar-refractivity contribution in [3.63, 3.8) is 0 Å². The number of carbonyl (C=O) groups is 1. The second-order valence-corrected chi connectivity index (χ2v) is 5.26. The summed E-state index contributed by atoms with van der Waals surface area (Å²) in [5.41, 5.74) is -0.166. The molecule has 2 aliphatic rings. The predicted octanol–water partition coefficient (Wildman–Crippen LogP) is 1.41. The van der Waals surface area contributed by atoms with Gasteiger partial charge in [0.05, 0.1) is 11.7 Å². The van der Waals surface area contributed by atoms with Crippen LogP contribution in [0.3, 0.4) is 0 Å². The van der Waals surface area contributed by atoms with Gasteiger partial charge in [-0.05, 0) is 12.8 Å². The molecule has 98 valence electrons. The number of hydrogen-bond acceptors (Lipinski definition) is 3. The highest BCUT2D eigenvalue weighted by atomic mass is 35.5. The SMILES string of the molecule is COC1CCOC2(CCN(C(=O)CCCl)C2)C1. The van der Waals surface area contributed by atoms with Gasteiger partial charge in [-0.1, -0.05) is 0 Å². The van der Waals surface area contributed by atoms with Gasteiger partial charge in [-0.15, -0.1) is 11.6 Å². The lowest BCUT2D eigenvalue weighted by Crippen LogP contribution is -2.45. The third kappa shape index (κ3) is 2.92. The molecule has 0 aromatic rings. The molecule has 4 nitrogen and oxygen atoms in total. The van der Waals surface area contributed by atoms with Crippen molar-refractivity contribution in [1.82, 2.24) is 4.90 Å². The highest BCUT2D eigenvalue weighted by molar-refractivity contribution is 6.18. The van der Waals surface area contributed by atoms with Crippen molar-refractivity contribution in [2.24, 2.45) is 0 Å². The molecule has 2 aliphatic heterocycles. The van der Waals surface area contributed by atoms with Crippen LogP contribution >= 0.6 is 11.6 Å². The van der Waals surface area contributed by atoms with Crippen LogP contribution in [0.1, 0.15) is 25.7 Å². The van der Waals surface area contributed by atoms with Crippen LogP contribution in [-0.4, -0.2) is 55.2 Å². The van der Waals surface area contributed by atoms with Gasteiger partial charge >= 0.3 is 0 Å². The second-order valence-electron chi connectivity index (χ2n) is 4.89. The molecule has 2 atom stereocenters. The molecular formula is C12H20ClNO3. The van der Waals surface area contributed by atoms with Crippen LogP contribution in [0.2, 0.25) is 0 Å². The fourth-order valence-electron chi connectivity index (χ4n) is 2.76. The summed E-state index contributed by atoms with van der Waals surface area (Å²) < 4.78 is 11.3. The number of ether oxygens (including phenoxy) is 2. The number of likely N-dealkylation sites (tertiary alicyclic amines) is 1. The van der Waals surface area contributed by atoms with Crippen LogP contribution < -0.4 is 0 Å². The molecule has 2 saturated heterocycles. The van der Waals surface area contributed by atoms with Crippen LogP contribution in [0, 0.1) is 0 Å². The third-order valence-electron chi connectivity index (χ3n) is 3.76. The molecule has 17 heavy (non-hydrogen) atoms. The van der Waals surface area contributed by atoms with E-state index in [1.807, 2.05) is 4.90 Å². The Bertz CT molecular complexity index is 287. The number of nitrogens with zero attached hydrogens (tertiary/aromatic N) is 1. The Kier molecular flexibility index (Phi) is 4.28. The van der Waals surface area contributed by atoms with Crippen LogP contribution in [0.5, 0.6) is 0 Å². The van der Waals surface area contributed by atoms with Crippen molar-refractivity contribution in [3.05, 3.63) is 0 Å². The molecule has 2 rings (SSSR count). The Hall–Kier alpha value is -0.320. The molecule has 0 aliphatic carbocycles. The Morgan fingerprint density at radius 1 is 1.65 bits per heavy atom. The molecular weight excluding hydrogens is 242 g/mol. The minimum Gasteiger partial charge on any atom is -0.381 e. The molecule has 5 heteroatoms. The molecule has 0 saturated carbocycles. The van der Waals surface area contributed by atoms with E-state index in [9.17, 15) is 4.79 Å². The van der Waals surface area contributed by atoms with Gasteiger partial charge in [0, 0.05) is 45.5 Å². The first-order chi connectivity index (χ1) is 8.19. The smallest absolute Gasteiger partial charge is 0.223 e. The number of hydrogen-bond donors (Lipinski definition) is 0. The van der Waals surface area contributed by atoms with Crippen molar-refractivity contribution in [2.75, 3.05) is 32.7 Å². The summed E-state index contributed by atoms with van der Waals surface area (Å²) >= 11 is 5.60. The molecule has 0 bridgehead atoms. The van der Waals surface area contributed by atoms with Crippen LogP contribution in [0.4, 0.5) is 0 Å². The Morgan fingerprint density at radius 2 is 2.47 bits per heavy atom. The van der Waals surface area contributed by atoms with Crippen molar-refractivity contribution < 1.29 is 14.3 Å². The number of rotatable bonds is 3. The normalized spacial score (nSPS) is 33.3. The maximum Gasteiger partial charge on any atom is 0.223 e. The van der Waals surface area contributed by atoms with E-state index in [1.165, 1.54) is 0 Å². The van der Waals surface area contributed by atoms with Crippen molar-refractivity contribution >= 4 is 17.5 Å². The van der Waals surface area contributed by atoms with Gasteiger partial charge in [0.25, 0.3) is 0 Å². The van der Waals surface area contributed by atoms with Crippen molar-refractivity contribution in [3.8, 4) is 0 Å². The van der Waals surface area contributed by atoms with E-state index < -0.39 is 0 Å². The fraction of sp³-hybridized carbons (Fsp3) is 0.917. The number of alkyl halides is 1. The zero-order valence-corrected chi connectivity index (χ0v) is 11.0. The van der Waals surface area contributed by atoms with E-state index in [4.69, 9.17) is 21.1 Å². The topological polar surface area (TPSA) is 38.8 Å². The third-order valence-corrected chi connectivity index (χ3v) is 3.95. The first kappa shape index (κ1) is 13.1. The summed E-state index contributed by atoms with van der Waals surface area (Å²) in [6.07, 6.45) is 3.46. The Labute approximate surface area is 107 Å². The van der Waals surface area contributed by atoms with Crippen LogP contribution in [0.15, 0.2) is 0 Å². The molecule has 0 radical (unpaired) electrons. The summed E-state index contributed by atoms with van der Waals surface area (Å²) in [5.74, 6) is 0.532. The molecule has 0 N–H and O–H groups in total. The van der Waals surface area contributed by atoms with E-state index in [2.05, 4.69) is 0 Å². The Balaban J connectivity index is 1.93. The zero-order valence-electron chi connectivity index (χ0n) is 10.3. The van der Waals surface area contributed by atoms with Gasteiger partial charge in [-0.3, -0.25) is 4.79 Å². The average Bonchev–Trinajstić information content (AvgIpc) is 2.73. The van der Waals surface area contributed by atoms with Crippen LogP contribution in [-0.2, 0) is 14.3 Å². The molecule has 1 spiro atoms. The van der Waals surface area contributed by atoms with E-state index in [0.717, 1.165) is 32.4 Å². The maximum atomic E-state index is 11.8. The van der Waals surface area contributed by atoms with E-state index in [0.29, 0.717) is 18.8 Å². The summed E-state index contributed by atoms with van der Waals surface area (Å²) in [7, 11) is 1.75. The summed E-state index contributed by atoms with van der Waals surface area (Å²) in [6, 6.07) is 0. The number of methoxy groups -OCH3 is 1. The van der Waals surface area contributed by atoms with Gasteiger partial charge in [0.2, 0.25) is 5.91 Å². The number of halogens is 1. The van der Waals surface area contributed by atoms with E-state index in [1.54, 1.807) is 7.11 Å². The fourth-order valence-corrected chi connectivity index (χ4v) is 2.93. The predicted molar refractivity (Wildman–Crippen MR) is 65.2 cm³/mol. The summed E-state index contributed by atoms with van der Waals surface area (Å²) in [5, 5.41) is 0. The van der Waals surface area contributed by atoms with Crippen molar-refractivity contribution in [1.29, 1.82) is 0 Å². The summed E-state index contributed by atoms with van der Waals surface area (Å²) in [4.78, 5) is 13.7. The minimum atomic E-state index is -0.166. The molecule has 0 aromatic carbocycles. The molecule has 0 aromatic heterocycles. The standard InChI is InChI=1S/C12H20ClNO3/c1-16-10-3-7-17-12(8-10)4-6-14(9-12)11(15)2-5-13/h10H,2-9H2,1H3. The lowest BCUT2D eigenvalue weighted by molar-refractivity contribution is -0.137. The Morgan fingerprint density at radius 3 is 3.18 bits per heavy atom. The minimum absolute atomic E-state index is 0.139. The van der Waals surface area contributed by atoms with Crippen molar-refractivity contribution in [2.45, 2.75) is 37.4 Å². The van der Waals surface area contributed by atoms with Gasteiger partial charge < -0.3 is 14.4 Å². The van der Waals surface area contributed by atoms with Crippen LogP contribution in [0.25, 0.3) is 0 Å². The average molecular weight is 262 g/mol. The van der Waals surface area contributed by atoms with Gasteiger partial charge in [-0.2, -0.15) is 0 Å². The lowest BCUT2D eigenvalue weighted by Gasteiger charge is -2.37. The van der Waals surface area contributed by atoms with Gasteiger partial charge in [0.1, 0.15) is 0 Å². The van der Waals surface area contributed by atoms with E-state index >= 15 is 0 Å². The number of amides is 1. The van der Waals surface area contributed by atoms with E-state index in [-0.39, 0.29) is 17.6 Å². The second kappa shape index (κ2) is 5.55. The first-order valence-electron chi connectivity index (χ1n) is 6.19. The molecule has 2 unspecified atom stereocenters. The van der Waals surface area contributed by atoms with Gasteiger partial charge in [-0.25, -0.2) is 0 Å².